The third-order valence-corrected chi connectivity index (χ3v) is 5.22. The van der Waals surface area contributed by atoms with E-state index in [1.165, 1.54) is 38.5 Å². The van der Waals surface area contributed by atoms with E-state index in [-0.39, 0.29) is 12.1 Å². The minimum Gasteiger partial charge on any atom is -0.393 e. The van der Waals surface area contributed by atoms with E-state index < -0.39 is 0 Å². The molecule has 0 unspecified atom stereocenters. The zero-order valence-electron chi connectivity index (χ0n) is 12.5. The van der Waals surface area contributed by atoms with Crippen molar-refractivity contribution < 1.29 is 5.11 Å². The van der Waals surface area contributed by atoms with Crippen molar-refractivity contribution in [2.75, 3.05) is 0 Å². The van der Waals surface area contributed by atoms with Crippen LogP contribution in [-0.2, 0) is 0 Å². The zero-order chi connectivity index (χ0) is 14.6. The molecule has 0 radical (unpaired) electrons. The van der Waals surface area contributed by atoms with Crippen molar-refractivity contribution in [1.29, 1.82) is 5.41 Å². The van der Waals surface area contributed by atoms with E-state index >= 15 is 0 Å². The van der Waals surface area contributed by atoms with Crippen LogP contribution in [0.4, 0.5) is 0 Å². The third-order valence-electron chi connectivity index (χ3n) is 5.22. The first-order valence-electron chi connectivity index (χ1n) is 7.89. The van der Waals surface area contributed by atoms with Crippen LogP contribution in [0.15, 0.2) is 5.10 Å². The lowest BCUT2D eigenvalue weighted by molar-refractivity contribution is 0.0349. The van der Waals surface area contributed by atoms with E-state index in [1.807, 2.05) is 0 Å². The number of nitrogens with two attached hydrogens (primary N) is 1. The molecule has 2 fully saturated rings. The molecule has 0 aromatic heterocycles. The predicted octanol–water partition coefficient (Wildman–Crippen LogP) is 2.35. The molecule has 0 aromatic carbocycles. The Bertz CT molecular complexity index is 362. The van der Waals surface area contributed by atoms with Crippen LogP contribution < -0.4 is 11.2 Å². The number of aliphatic hydroxyl groups is 1. The summed E-state index contributed by atoms with van der Waals surface area (Å²) in [6.07, 6.45) is 10.0. The molecule has 2 aliphatic carbocycles. The number of aliphatic hydroxyl groups excluding tert-OH is 1. The molecule has 0 bridgehead atoms. The minimum atomic E-state index is -0.0931. The number of guanidine groups is 1. The maximum atomic E-state index is 9.66. The molecular weight excluding hydrogens is 252 g/mol. The van der Waals surface area contributed by atoms with Crippen molar-refractivity contribution in [2.24, 2.45) is 22.2 Å². The molecule has 20 heavy (non-hydrogen) atoms. The molecule has 5 heteroatoms. The van der Waals surface area contributed by atoms with E-state index in [4.69, 9.17) is 11.1 Å². The quantitative estimate of drug-likeness (QED) is 0.363. The van der Waals surface area contributed by atoms with Gasteiger partial charge in [0.2, 0.25) is 5.96 Å². The second-order valence-electron chi connectivity index (χ2n) is 6.49. The fraction of sp³-hybridized carbons (Fsp3) is 0.867. The van der Waals surface area contributed by atoms with Gasteiger partial charge in [0.05, 0.1) is 6.10 Å². The van der Waals surface area contributed by atoms with Gasteiger partial charge in [0.15, 0.2) is 0 Å². The molecule has 1 spiro atoms. The molecule has 5 N–H and O–H groups in total. The summed E-state index contributed by atoms with van der Waals surface area (Å²) in [5.74, 6) is 0.439. The average molecular weight is 280 g/mol. The van der Waals surface area contributed by atoms with Gasteiger partial charge in [-0.3, -0.25) is 5.41 Å². The highest BCUT2D eigenvalue weighted by Gasteiger charge is 2.38. The second-order valence-corrected chi connectivity index (χ2v) is 6.49. The molecule has 2 aliphatic rings. The topological polar surface area (TPSA) is 94.5 Å². The molecule has 114 valence electrons. The molecule has 0 aromatic rings. The maximum absolute atomic E-state index is 9.66. The first kappa shape index (κ1) is 15.3. The SMILES string of the molecule is CC/C(=N/NC(=N)N)C1CCC2(CCC(O)CC2)CC1. The van der Waals surface area contributed by atoms with Gasteiger partial charge < -0.3 is 10.8 Å². The first-order chi connectivity index (χ1) is 9.54. The van der Waals surface area contributed by atoms with E-state index in [0.717, 1.165) is 25.0 Å². The van der Waals surface area contributed by atoms with Gasteiger partial charge in [-0.1, -0.05) is 6.92 Å². The van der Waals surface area contributed by atoms with Crippen LogP contribution in [0.3, 0.4) is 0 Å². The molecular formula is C15H28N4O. The highest BCUT2D eigenvalue weighted by atomic mass is 16.3. The number of nitrogens with zero attached hydrogens (tertiary/aromatic N) is 1. The predicted molar refractivity (Wildman–Crippen MR) is 81.6 cm³/mol. The highest BCUT2D eigenvalue weighted by Crippen LogP contribution is 2.49. The lowest BCUT2D eigenvalue weighted by atomic mass is 9.62. The average Bonchev–Trinajstić information content (AvgIpc) is 2.45. The molecule has 0 aliphatic heterocycles. The Morgan fingerprint density at radius 3 is 2.30 bits per heavy atom. The summed E-state index contributed by atoms with van der Waals surface area (Å²) in [5, 5.41) is 21.1. The molecule has 0 atom stereocenters. The van der Waals surface area contributed by atoms with Crippen LogP contribution in [0.2, 0.25) is 0 Å². The van der Waals surface area contributed by atoms with Crippen LogP contribution in [-0.4, -0.2) is 22.9 Å². The van der Waals surface area contributed by atoms with Gasteiger partial charge in [0.25, 0.3) is 0 Å². The normalized spacial score (nSPS) is 35.0. The smallest absolute Gasteiger partial charge is 0.206 e. The van der Waals surface area contributed by atoms with E-state index in [2.05, 4.69) is 17.5 Å². The van der Waals surface area contributed by atoms with Gasteiger partial charge in [-0.15, -0.1) is 0 Å². The summed E-state index contributed by atoms with van der Waals surface area (Å²) in [4.78, 5) is 0. The highest BCUT2D eigenvalue weighted by molar-refractivity contribution is 5.88. The van der Waals surface area contributed by atoms with Crippen LogP contribution in [0.1, 0.15) is 64.7 Å². The Labute approximate surface area is 121 Å². The summed E-state index contributed by atoms with van der Waals surface area (Å²) in [6.45, 7) is 2.11. The Balaban J connectivity index is 1.89. The standard InChI is InChI=1S/C15H28N4O/c1-2-13(18-19-14(16)17)11-3-7-15(8-4-11)9-5-12(20)6-10-15/h11-12,20H,2-10H2,1H3,(H4,16,17,19)/b18-13-. The summed E-state index contributed by atoms with van der Waals surface area (Å²) < 4.78 is 0. The lowest BCUT2D eigenvalue weighted by Crippen LogP contribution is -2.36. The van der Waals surface area contributed by atoms with Crippen molar-refractivity contribution in [3.63, 3.8) is 0 Å². The molecule has 2 rings (SSSR count). The number of hydrogen-bond donors (Lipinski definition) is 4. The summed E-state index contributed by atoms with van der Waals surface area (Å²) >= 11 is 0. The lowest BCUT2D eigenvalue weighted by Gasteiger charge is -2.44. The summed E-state index contributed by atoms with van der Waals surface area (Å²) in [6, 6.07) is 0. The van der Waals surface area contributed by atoms with E-state index in [0.29, 0.717) is 11.3 Å². The maximum Gasteiger partial charge on any atom is 0.206 e. The van der Waals surface area contributed by atoms with E-state index in [1.54, 1.807) is 0 Å². The van der Waals surface area contributed by atoms with Crippen LogP contribution >= 0.6 is 0 Å². The number of nitrogens with one attached hydrogen (secondary N) is 2. The molecule has 0 heterocycles. The van der Waals surface area contributed by atoms with E-state index in [9.17, 15) is 5.11 Å². The number of hydrazone groups is 1. The van der Waals surface area contributed by atoms with Gasteiger partial charge in [-0.25, -0.2) is 5.43 Å². The van der Waals surface area contributed by atoms with Gasteiger partial charge in [-0.2, -0.15) is 5.10 Å². The fourth-order valence-corrected chi connectivity index (χ4v) is 3.87. The Morgan fingerprint density at radius 1 is 1.25 bits per heavy atom. The zero-order valence-corrected chi connectivity index (χ0v) is 12.5. The van der Waals surface area contributed by atoms with Crippen molar-refractivity contribution in [3.8, 4) is 0 Å². The minimum absolute atomic E-state index is 0.0640. The molecule has 0 amide bonds. The molecule has 2 saturated carbocycles. The van der Waals surface area contributed by atoms with Crippen molar-refractivity contribution in [1.82, 2.24) is 5.43 Å². The molecule has 5 nitrogen and oxygen atoms in total. The summed E-state index contributed by atoms with van der Waals surface area (Å²) in [5.41, 5.74) is 9.51. The monoisotopic (exact) mass is 280 g/mol. The van der Waals surface area contributed by atoms with Crippen LogP contribution in [0.25, 0.3) is 0 Å². The fourth-order valence-electron chi connectivity index (χ4n) is 3.87. The van der Waals surface area contributed by atoms with Crippen LogP contribution in [0.5, 0.6) is 0 Å². The van der Waals surface area contributed by atoms with Gasteiger partial charge >= 0.3 is 0 Å². The van der Waals surface area contributed by atoms with Crippen molar-refractivity contribution in [2.45, 2.75) is 70.8 Å². The van der Waals surface area contributed by atoms with Gasteiger partial charge in [0.1, 0.15) is 0 Å². The van der Waals surface area contributed by atoms with Gasteiger partial charge in [0, 0.05) is 5.71 Å². The second kappa shape index (κ2) is 6.57. The Morgan fingerprint density at radius 2 is 1.80 bits per heavy atom. The van der Waals surface area contributed by atoms with Crippen LogP contribution in [0, 0.1) is 16.7 Å². The van der Waals surface area contributed by atoms with Crippen molar-refractivity contribution >= 4 is 11.7 Å². The molecule has 0 saturated heterocycles. The Kier molecular flexibility index (Phi) is 5.02. The van der Waals surface area contributed by atoms with Crippen molar-refractivity contribution in [3.05, 3.63) is 0 Å². The first-order valence-corrected chi connectivity index (χ1v) is 7.89. The number of hydrogen-bond acceptors (Lipinski definition) is 3. The third kappa shape index (κ3) is 3.72. The summed E-state index contributed by atoms with van der Waals surface area (Å²) in [7, 11) is 0. The number of rotatable bonds is 3. The van der Waals surface area contributed by atoms with Gasteiger partial charge in [-0.05, 0) is 69.1 Å². The largest absolute Gasteiger partial charge is 0.393 e. The Hall–Kier alpha value is -1.10.